The first-order valence-electron chi connectivity index (χ1n) is 36.6. The summed E-state index contributed by atoms with van der Waals surface area (Å²) < 4.78 is 17.0. The van der Waals surface area contributed by atoms with E-state index in [9.17, 15) is 14.4 Å². The smallest absolute Gasteiger partial charge is 0.306 e. The van der Waals surface area contributed by atoms with Gasteiger partial charge in [-0.1, -0.05) is 345 Å². The first-order chi connectivity index (χ1) is 40.5. The van der Waals surface area contributed by atoms with Crippen LogP contribution in [0.1, 0.15) is 400 Å². The van der Waals surface area contributed by atoms with Crippen molar-refractivity contribution in [1.29, 1.82) is 0 Å². The summed E-state index contributed by atoms with van der Waals surface area (Å²) in [5, 5.41) is 0. The topological polar surface area (TPSA) is 78.9 Å². The normalized spacial score (nSPS) is 12.3. The van der Waals surface area contributed by atoms with E-state index in [0.717, 1.165) is 89.9 Å². The highest BCUT2D eigenvalue weighted by molar-refractivity contribution is 5.71. The number of rotatable bonds is 68. The van der Waals surface area contributed by atoms with E-state index in [1.807, 2.05) is 0 Å². The first kappa shape index (κ1) is 79.4. The van der Waals surface area contributed by atoms with E-state index >= 15 is 0 Å². The van der Waals surface area contributed by atoms with Crippen molar-refractivity contribution >= 4 is 17.9 Å². The zero-order valence-corrected chi connectivity index (χ0v) is 55.3. The Morgan fingerprint density at radius 2 is 0.439 bits per heavy atom. The molecule has 0 rings (SSSR count). The van der Waals surface area contributed by atoms with Gasteiger partial charge in [0, 0.05) is 19.3 Å². The van der Waals surface area contributed by atoms with Gasteiger partial charge in [-0.3, -0.25) is 14.4 Å². The fraction of sp³-hybridized carbons (Fsp3) is 0.855. The highest BCUT2D eigenvalue weighted by Gasteiger charge is 2.19. The van der Waals surface area contributed by atoms with Crippen LogP contribution in [0.4, 0.5) is 0 Å². The van der Waals surface area contributed by atoms with Gasteiger partial charge in [0.15, 0.2) is 6.10 Å². The third-order valence-corrected chi connectivity index (χ3v) is 16.6. The molecule has 0 aromatic heterocycles. The van der Waals surface area contributed by atoms with Gasteiger partial charge in [0.25, 0.3) is 0 Å². The number of carbonyl (C=O) groups excluding carboxylic acids is 3. The number of carbonyl (C=O) groups is 3. The third kappa shape index (κ3) is 68.2. The third-order valence-electron chi connectivity index (χ3n) is 16.6. The van der Waals surface area contributed by atoms with Crippen LogP contribution in [0.3, 0.4) is 0 Å². The van der Waals surface area contributed by atoms with Crippen molar-refractivity contribution in [2.24, 2.45) is 0 Å². The van der Waals surface area contributed by atoms with Gasteiger partial charge in [0.1, 0.15) is 13.2 Å². The molecule has 0 aromatic carbocycles. The van der Waals surface area contributed by atoms with Crippen LogP contribution in [0.25, 0.3) is 0 Å². The van der Waals surface area contributed by atoms with Crippen LogP contribution in [-0.2, 0) is 28.6 Å². The molecule has 6 nitrogen and oxygen atoms in total. The molecule has 82 heavy (non-hydrogen) atoms. The molecule has 480 valence electrons. The molecular weight excluding hydrogens is 1010 g/mol. The SMILES string of the molecule is CCCCCC/C=C\C/C=C\CCCCCCCCCC(=O)OC(COC(=O)CCCCCCC/C=C\C/C=C\CCCCCC)COC(=O)CCCCCCCCCCCCCCCCCCCCCCCCCCCCCCCC. The molecule has 0 N–H and O–H groups in total. The molecule has 0 bridgehead atoms. The van der Waals surface area contributed by atoms with Crippen LogP contribution in [0, 0.1) is 0 Å². The lowest BCUT2D eigenvalue weighted by Gasteiger charge is -2.18. The van der Waals surface area contributed by atoms with E-state index in [4.69, 9.17) is 14.2 Å². The molecule has 0 aliphatic rings. The monoisotopic (exact) mass is 1150 g/mol. The fourth-order valence-corrected chi connectivity index (χ4v) is 11.0. The lowest BCUT2D eigenvalue weighted by Crippen LogP contribution is -2.30. The van der Waals surface area contributed by atoms with Crippen molar-refractivity contribution in [3.8, 4) is 0 Å². The number of esters is 3. The Bertz CT molecular complexity index is 1410. The molecule has 0 aliphatic heterocycles. The van der Waals surface area contributed by atoms with Gasteiger partial charge in [-0.25, -0.2) is 0 Å². The minimum Gasteiger partial charge on any atom is -0.462 e. The summed E-state index contributed by atoms with van der Waals surface area (Å²) in [6, 6.07) is 0. The Balaban J connectivity index is 4.22. The van der Waals surface area contributed by atoms with Crippen molar-refractivity contribution < 1.29 is 28.6 Å². The Morgan fingerprint density at radius 1 is 0.244 bits per heavy atom. The average Bonchev–Trinajstić information content (AvgIpc) is 3.47. The quantitative estimate of drug-likeness (QED) is 0.0261. The molecule has 0 fully saturated rings. The Kier molecular flexibility index (Phi) is 68.6. The molecule has 0 heterocycles. The maximum Gasteiger partial charge on any atom is 0.306 e. The zero-order valence-electron chi connectivity index (χ0n) is 55.3. The summed E-state index contributed by atoms with van der Waals surface area (Å²) >= 11 is 0. The maximum atomic E-state index is 12.9. The largest absolute Gasteiger partial charge is 0.462 e. The zero-order chi connectivity index (χ0) is 59.2. The number of hydrogen-bond donors (Lipinski definition) is 0. The van der Waals surface area contributed by atoms with Gasteiger partial charge in [-0.15, -0.1) is 0 Å². The van der Waals surface area contributed by atoms with Gasteiger partial charge in [0.2, 0.25) is 0 Å². The fourth-order valence-electron chi connectivity index (χ4n) is 11.0. The number of hydrogen-bond acceptors (Lipinski definition) is 6. The first-order valence-corrected chi connectivity index (χ1v) is 36.6. The van der Waals surface area contributed by atoms with Crippen LogP contribution in [0.2, 0.25) is 0 Å². The van der Waals surface area contributed by atoms with Crippen LogP contribution < -0.4 is 0 Å². The maximum absolute atomic E-state index is 12.9. The summed E-state index contributed by atoms with van der Waals surface area (Å²) in [5.41, 5.74) is 0. The summed E-state index contributed by atoms with van der Waals surface area (Å²) in [7, 11) is 0. The van der Waals surface area contributed by atoms with Gasteiger partial charge < -0.3 is 14.2 Å². The Hall–Kier alpha value is -2.63. The van der Waals surface area contributed by atoms with Crippen molar-refractivity contribution in [2.45, 2.75) is 406 Å². The second-order valence-electron chi connectivity index (χ2n) is 24.9. The highest BCUT2D eigenvalue weighted by Crippen LogP contribution is 2.19. The average molecular weight is 1150 g/mol. The van der Waals surface area contributed by atoms with Crippen molar-refractivity contribution in [3.63, 3.8) is 0 Å². The van der Waals surface area contributed by atoms with E-state index in [2.05, 4.69) is 69.4 Å². The number of allylic oxidation sites excluding steroid dienone is 8. The van der Waals surface area contributed by atoms with Crippen LogP contribution in [0.5, 0.6) is 0 Å². The number of ether oxygens (including phenoxy) is 3. The van der Waals surface area contributed by atoms with E-state index in [0.29, 0.717) is 19.3 Å². The molecule has 0 aliphatic carbocycles. The van der Waals surface area contributed by atoms with Crippen LogP contribution >= 0.6 is 0 Å². The van der Waals surface area contributed by atoms with Gasteiger partial charge >= 0.3 is 17.9 Å². The molecule has 0 amide bonds. The van der Waals surface area contributed by atoms with E-state index < -0.39 is 6.10 Å². The van der Waals surface area contributed by atoms with Gasteiger partial charge in [0.05, 0.1) is 0 Å². The van der Waals surface area contributed by atoms with E-state index in [1.54, 1.807) is 0 Å². The molecular formula is C76H140O6. The molecule has 0 aromatic rings. The predicted molar refractivity (Wildman–Crippen MR) is 358 cm³/mol. The summed E-state index contributed by atoms with van der Waals surface area (Å²) in [6.07, 6.45) is 90.1. The standard InChI is InChI=1S/C76H140O6/c1-4-7-10-13-16-19-22-25-28-31-33-34-35-36-37-38-39-40-41-42-43-44-46-48-51-54-57-60-63-66-69-75(78)81-72-73(71-80-74(77)68-65-62-59-56-53-50-47-30-27-24-21-18-15-12-9-6-3)82-76(79)70-67-64-61-58-55-52-49-45-32-29-26-23-20-17-14-11-8-5-2/h20-21,23-24,29-30,32,47,73H,4-19,22,25-28,31,33-46,48-72H2,1-3H3/b23-20-,24-21-,32-29-,47-30-. The minimum atomic E-state index is -0.784. The van der Waals surface area contributed by atoms with Gasteiger partial charge in [-0.2, -0.15) is 0 Å². The van der Waals surface area contributed by atoms with Crippen molar-refractivity contribution in [1.82, 2.24) is 0 Å². The Labute approximate surface area is 511 Å². The van der Waals surface area contributed by atoms with Crippen molar-refractivity contribution in [3.05, 3.63) is 48.6 Å². The summed E-state index contributed by atoms with van der Waals surface area (Å²) in [6.45, 7) is 6.66. The second kappa shape index (κ2) is 70.9. The second-order valence-corrected chi connectivity index (χ2v) is 24.9. The van der Waals surface area contributed by atoms with Gasteiger partial charge in [-0.05, 0) is 83.5 Å². The predicted octanol–water partition coefficient (Wildman–Crippen LogP) is 25.3. The lowest BCUT2D eigenvalue weighted by molar-refractivity contribution is -0.167. The molecule has 0 saturated heterocycles. The van der Waals surface area contributed by atoms with E-state index in [-0.39, 0.29) is 31.1 Å². The lowest BCUT2D eigenvalue weighted by atomic mass is 10.0. The van der Waals surface area contributed by atoms with Crippen LogP contribution in [0.15, 0.2) is 48.6 Å². The van der Waals surface area contributed by atoms with Crippen molar-refractivity contribution in [2.75, 3.05) is 13.2 Å². The minimum absolute atomic E-state index is 0.0771. The molecule has 0 radical (unpaired) electrons. The van der Waals surface area contributed by atoms with E-state index in [1.165, 1.54) is 270 Å². The Morgan fingerprint density at radius 3 is 0.683 bits per heavy atom. The molecule has 1 atom stereocenters. The molecule has 1 unspecified atom stereocenters. The molecule has 0 saturated carbocycles. The number of unbranched alkanes of at least 4 members (excludes halogenated alkanes) is 49. The summed E-state index contributed by atoms with van der Waals surface area (Å²) in [5.74, 6) is -0.873. The van der Waals surface area contributed by atoms with Crippen LogP contribution in [-0.4, -0.2) is 37.2 Å². The highest BCUT2D eigenvalue weighted by atomic mass is 16.6. The summed E-state index contributed by atoms with van der Waals surface area (Å²) in [4.78, 5) is 38.5. The molecule has 0 spiro atoms. The molecule has 6 heteroatoms.